The summed E-state index contributed by atoms with van der Waals surface area (Å²) in [5.74, 6) is 0. The van der Waals surface area contributed by atoms with Gasteiger partial charge in [-0.1, -0.05) is 33.6 Å². The topological polar surface area (TPSA) is 38.9 Å². The number of fused-ring (bicyclic) bond motifs is 1. The van der Waals surface area contributed by atoms with Crippen molar-refractivity contribution in [2.45, 2.75) is 12.5 Å². The van der Waals surface area contributed by atoms with Crippen molar-refractivity contribution in [3.8, 4) is 0 Å². The van der Waals surface area contributed by atoms with Crippen LogP contribution in [0.3, 0.4) is 0 Å². The van der Waals surface area contributed by atoms with Gasteiger partial charge in [-0.15, -0.1) is 11.3 Å². The second kappa shape index (κ2) is 5.82. The Balaban J connectivity index is 1.86. The maximum atomic E-state index is 6.29. The molecule has 0 radical (unpaired) electrons. The summed E-state index contributed by atoms with van der Waals surface area (Å²) >= 11 is 11.3. The zero-order valence-corrected chi connectivity index (χ0v) is 13.7. The molecule has 0 aliphatic carbocycles. The molecule has 1 aromatic carbocycles. The molecule has 2 heterocycles. The van der Waals surface area contributed by atoms with Crippen LogP contribution in [0, 0.1) is 0 Å². The first kappa shape index (κ1) is 14.0. The fourth-order valence-electron chi connectivity index (χ4n) is 2.11. The molecule has 1 unspecified atom stereocenters. The van der Waals surface area contributed by atoms with E-state index < -0.39 is 0 Å². The van der Waals surface area contributed by atoms with Crippen LogP contribution in [0.15, 0.2) is 46.4 Å². The number of halogens is 2. The standard InChI is InChI=1S/C15H12BrClN2S/c16-11-2-1-9(12(17)7-11)5-13(18)10-6-15-14(19-8-10)3-4-20-15/h1-4,6-8,13H,5,18H2. The third-order valence-electron chi connectivity index (χ3n) is 3.21. The van der Waals surface area contributed by atoms with Crippen molar-refractivity contribution in [3.05, 3.63) is 62.5 Å². The minimum atomic E-state index is -0.104. The van der Waals surface area contributed by atoms with Gasteiger partial charge >= 0.3 is 0 Å². The number of nitrogens with zero attached hydrogens (tertiary/aromatic N) is 1. The van der Waals surface area contributed by atoms with Crippen molar-refractivity contribution in [3.63, 3.8) is 0 Å². The molecule has 0 aliphatic heterocycles. The van der Waals surface area contributed by atoms with Gasteiger partial charge in [-0.25, -0.2) is 0 Å². The molecule has 0 aliphatic rings. The summed E-state index contributed by atoms with van der Waals surface area (Å²) in [4.78, 5) is 4.43. The highest BCUT2D eigenvalue weighted by atomic mass is 79.9. The van der Waals surface area contributed by atoms with E-state index in [0.717, 1.165) is 26.1 Å². The quantitative estimate of drug-likeness (QED) is 0.711. The molecule has 2 aromatic heterocycles. The Morgan fingerprint density at radius 1 is 1.30 bits per heavy atom. The fraction of sp³-hybridized carbons (Fsp3) is 0.133. The molecule has 2 N–H and O–H groups in total. The highest BCUT2D eigenvalue weighted by molar-refractivity contribution is 9.10. The van der Waals surface area contributed by atoms with E-state index in [9.17, 15) is 0 Å². The van der Waals surface area contributed by atoms with Gasteiger partial charge in [0.1, 0.15) is 0 Å². The minimum absolute atomic E-state index is 0.104. The van der Waals surface area contributed by atoms with E-state index in [1.165, 1.54) is 4.70 Å². The van der Waals surface area contributed by atoms with Crippen molar-refractivity contribution in [2.24, 2.45) is 5.73 Å². The van der Waals surface area contributed by atoms with Gasteiger partial charge in [0, 0.05) is 21.7 Å². The first-order chi connectivity index (χ1) is 9.63. The zero-order chi connectivity index (χ0) is 14.1. The van der Waals surface area contributed by atoms with Crippen molar-refractivity contribution in [1.82, 2.24) is 4.98 Å². The maximum Gasteiger partial charge on any atom is 0.0809 e. The van der Waals surface area contributed by atoms with Crippen molar-refractivity contribution >= 4 is 49.1 Å². The zero-order valence-electron chi connectivity index (χ0n) is 10.5. The van der Waals surface area contributed by atoms with E-state index in [2.05, 4.69) is 27.0 Å². The number of rotatable bonds is 3. The van der Waals surface area contributed by atoms with Crippen LogP contribution in [-0.4, -0.2) is 4.98 Å². The molecule has 1 atom stereocenters. The molecule has 0 spiro atoms. The summed E-state index contributed by atoms with van der Waals surface area (Å²) in [5, 5.41) is 2.78. The fourth-order valence-corrected chi connectivity index (χ4v) is 3.65. The van der Waals surface area contributed by atoms with Gasteiger partial charge in [0.15, 0.2) is 0 Å². The Morgan fingerprint density at radius 2 is 2.15 bits per heavy atom. The van der Waals surface area contributed by atoms with E-state index in [1.807, 2.05) is 35.8 Å². The number of nitrogens with two attached hydrogens (primary N) is 1. The van der Waals surface area contributed by atoms with Gasteiger partial charge < -0.3 is 5.73 Å². The molecule has 0 saturated heterocycles. The molecule has 0 fully saturated rings. The molecule has 102 valence electrons. The summed E-state index contributed by atoms with van der Waals surface area (Å²) < 4.78 is 2.14. The van der Waals surface area contributed by atoms with E-state index in [-0.39, 0.29) is 6.04 Å². The second-order valence-corrected chi connectivity index (χ2v) is 6.89. The largest absolute Gasteiger partial charge is 0.324 e. The minimum Gasteiger partial charge on any atom is -0.324 e. The van der Waals surface area contributed by atoms with E-state index in [0.29, 0.717) is 6.42 Å². The number of thiophene rings is 1. The van der Waals surface area contributed by atoms with Crippen LogP contribution in [0.25, 0.3) is 10.2 Å². The number of pyridine rings is 1. The lowest BCUT2D eigenvalue weighted by Gasteiger charge is -2.13. The Kier molecular flexibility index (Phi) is 4.08. The van der Waals surface area contributed by atoms with Gasteiger partial charge in [-0.2, -0.15) is 0 Å². The Bertz CT molecular complexity index is 756. The van der Waals surface area contributed by atoms with Crippen molar-refractivity contribution < 1.29 is 0 Å². The molecule has 2 nitrogen and oxygen atoms in total. The first-order valence-electron chi connectivity index (χ1n) is 6.16. The molecule has 0 saturated carbocycles. The molecule has 3 aromatic rings. The Labute approximate surface area is 134 Å². The molecule has 0 amide bonds. The normalized spacial score (nSPS) is 12.8. The van der Waals surface area contributed by atoms with E-state index in [1.54, 1.807) is 11.3 Å². The van der Waals surface area contributed by atoms with Gasteiger partial charge in [-0.05, 0) is 47.2 Å². The number of hydrogen-bond donors (Lipinski definition) is 1. The summed E-state index contributed by atoms with van der Waals surface area (Å²) in [6, 6.07) is 9.90. The predicted molar refractivity (Wildman–Crippen MR) is 89.4 cm³/mol. The lowest BCUT2D eigenvalue weighted by Crippen LogP contribution is -2.13. The smallest absolute Gasteiger partial charge is 0.0809 e. The average Bonchev–Trinajstić information content (AvgIpc) is 2.89. The van der Waals surface area contributed by atoms with Crippen LogP contribution in [0.5, 0.6) is 0 Å². The lowest BCUT2D eigenvalue weighted by atomic mass is 10.0. The average molecular weight is 368 g/mol. The van der Waals surface area contributed by atoms with Gasteiger partial charge in [0.05, 0.1) is 10.2 Å². The number of hydrogen-bond acceptors (Lipinski definition) is 3. The van der Waals surface area contributed by atoms with Crippen LogP contribution in [0.4, 0.5) is 0 Å². The van der Waals surface area contributed by atoms with Crippen LogP contribution in [-0.2, 0) is 6.42 Å². The van der Waals surface area contributed by atoms with Crippen LogP contribution >= 0.6 is 38.9 Å². The van der Waals surface area contributed by atoms with Crippen LogP contribution in [0.2, 0.25) is 5.02 Å². The summed E-state index contributed by atoms with van der Waals surface area (Å²) in [7, 11) is 0. The highest BCUT2D eigenvalue weighted by Crippen LogP contribution is 2.27. The number of aromatic nitrogens is 1. The molecule has 0 bridgehead atoms. The third-order valence-corrected chi connectivity index (χ3v) is 4.91. The monoisotopic (exact) mass is 366 g/mol. The summed E-state index contributed by atoms with van der Waals surface area (Å²) in [5.41, 5.74) is 9.40. The first-order valence-corrected chi connectivity index (χ1v) is 8.21. The van der Waals surface area contributed by atoms with Crippen molar-refractivity contribution in [1.29, 1.82) is 0 Å². The van der Waals surface area contributed by atoms with Crippen molar-refractivity contribution in [2.75, 3.05) is 0 Å². The highest BCUT2D eigenvalue weighted by Gasteiger charge is 2.11. The molecule has 3 rings (SSSR count). The molecule has 5 heteroatoms. The predicted octanol–water partition coefficient (Wildman–Crippen LogP) is 4.95. The summed E-state index contributed by atoms with van der Waals surface area (Å²) in [6.45, 7) is 0. The SMILES string of the molecule is NC(Cc1ccc(Br)cc1Cl)c1cnc2ccsc2c1. The van der Waals surface area contributed by atoms with Crippen LogP contribution in [0.1, 0.15) is 17.2 Å². The Morgan fingerprint density at radius 3 is 2.95 bits per heavy atom. The van der Waals surface area contributed by atoms with Crippen LogP contribution < -0.4 is 5.73 Å². The lowest BCUT2D eigenvalue weighted by molar-refractivity contribution is 0.720. The van der Waals surface area contributed by atoms with E-state index >= 15 is 0 Å². The number of benzene rings is 1. The van der Waals surface area contributed by atoms with E-state index in [4.69, 9.17) is 17.3 Å². The van der Waals surface area contributed by atoms with Gasteiger partial charge in [-0.3, -0.25) is 4.98 Å². The third kappa shape index (κ3) is 2.88. The molecular formula is C15H12BrClN2S. The Hall–Kier alpha value is -0.940. The molecule has 20 heavy (non-hydrogen) atoms. The van der Waals surface area contributed by atoms with Gasteiger partial charge in [0.2, 0.25) is 0 Å². The molecular weight excluding hydrogens is 356 g/mol. The second-order valence-electron chi connectivity index (χ2n) is 4.62. The maximum absolute atomic E-state index is 6.29. The van der Waals surface area contributed by atoms with Gasteiger partial charge in [0.25, 0.3) is 0 Å². The summed E-state index contributed by atoms with van der Waals surface area (Å²) in [6.07, 6.45) is 2.55.